The first-order chi connectivity index (χ1) is 11.7. The van der Waals surface area contributed by atoms with Crippen LogP contribution >= 0.6 is 0 Å². The number of aliphatic hydroxyl groups excluding tert-OH is 1. The van der Waals surface area contributed by atoms with Gasteiger partial charge in [-0.3, -0.25) is 4.79 Å². The molecule has 2 atom stereocenters. The van der Waals surface area contributed by atoms with Crippen LogP contribution in [-0.2, 0) is 0 Å². The van der Waals surface area contributed by atoms with E-state index in [4.69, 9.17) is 9.47 Å². The molecule has 124 valence electrons. The Morgan fingerprint density at radius 1 is 1.25 bits per heavy atom. The van der Waals surface area contributed by atoms with Crippen LogP contribution < -0.4 is 9.47 Å². The first-order valence-corrected chi connectivity index (χ1v) is 7.85. The molecule has 4 rings (SSSR count). The van der Waals surface area contributed by atoms with E-state index in [1.54, 1.807) is 11.0 Å². The third kappa shape index (κ3) is 2.67. The fraction of sp³-hybridized carbons (Fsp3) is 0.353. The van der Waals surface area contributed by atoms with Gasteiger partial charge in [0.15, 0.2) is 11.5 Å². The van der Waals surface area contributed by atoms with Gasteiger partial charge in [-0.2, -0.15) is 0 Å². The van der Waals surface area contributed by atoms with Gasteiger partial charge in [0.05, 0.1) is 6.10 Å². The summed E-state index contributed by atoms with van der Waals surface area (Å²) >= 11 is 0. The van der Waals surface area contributed by atoms with Gasteiger partial charge < -0.3 is 19.5 Å². The van der Waals surface area contributed by atoms with Crippen LogP contribution in [0, 0.1) is 0 Å². The lowest BCUT2D eigenvalue weighted by Gasteiger charge is -2.36. The summed E-state index contributed by atoms with van der Waals surface area (Å²) in [5.74, 6) is 1.22. The van der Waals surface area contributed by atoms with E-state index in [1.807, 2.05) is 18.2 Å². The highest BCUT2D eigenvalue weighted by atomic mass is 16.7. The number of aromatic nitrogens is 2. The van der Waals surface area contributed by atoms with Gasteiger partial charge in [0.1, 0.15) is 12.0 Å². The Labute approximate surface area is 138 Å². The number of benzene rings is 1. The number of hydrogen-bond acceptors (Lipinski definition) is 6. The van der Waals surface area contributed by atoms with E-state index >= 15 is 0 Å². The molecule has 0 saturated carbocycles. The van der Waals surface area contributed by atoms with Gasteiger partial charge in [0, 0.05) is 25.2 Å². The molecule has 2 aromatic rings. The van der Waals surface area contributed by atoms with E-state index in [9.17, 15) is 9.90 Å². The summed E-state index contributed by atoms with van der Waals surface area (Å²) in [6, 6.07) is 7.31. The van der Waals surface area contributed by atoms with Crippen LogP contribution in [0.5, 0.6) is 11.5 Å². The van der Waals surface area contributed by atoms with Crippen molar-refractivity contribution in [2.24, 2.45) is 0 Å². The molecule has 1 N–H and O–H groups in total. The number of piperidine rings is 1. The summed E-state index contributed by atoms with van der Waals surface area (Å²) in [5.41, 5.74) is 1.35. The van der Waals surface area contributed by atoms with Crippen LogP contribution in [0.4, 0.5) is 0 Å². The molecule has 0 unspecified atom stereocenters. The lowest BCUT2D eigenvalue weighted by atomic mass is 9.87. The van der Waals surface area contributed by atoms with Crippen molar-refractivity contribution in [1.29, 1.82) is 0 Å². The van der Waals surface area contributed by atoms with Crippen LogP contribution in [0.25, 0.3) is 0 Å². The number of carbonyl (C=O) groups excluding carboxylic acids is 1. The quantitative estimate of drug-likeness (QED) is 0.892. The fourth-order valence-corrected chi connectivity index (χ4v) is 3.23. The van der Waals surface area contributed by atoms with Gasteiger partial charge >= 0.3 is 0 Å². The Balaban J connectivity index is 1.48. The van der Waals surface area contributed by atoms with Crippen molar-refractivity contribution in [2.75, 3.05) is 19.9 Å². The van der Waals surface area contributed by atoms with Gasteiger partial charge in [-0.1, -0.05) is 6.07 Å². The normalized spacial score (nSPS) is 22.5. The van der Waals surface area contributed by atoms with Crippen molar-refractivity contribution in [2.45, 2.75) is 18.4 Å². The Kier molecular flexibility index (Phi) is 3.78. The number of β-amino-alcohol motifs (C(OH)–C–C–N with tert-alkyl or cyclic N) is 1. The van der Waals surface area contributed by atoms with E-state index in [0.29, 0.717) is 24.4 Å². The maximum atomic E-state index is 12.4. The minimum atomic E-state index is -0.634. The molecule has 0 bridgehead atoms. The molecule has 0 spiro atoms. The average molecular weight is 327 g/mol. The van der Waals surface area contributed by atoms with E-state index in [2.05, 4.69) is 9.97 Å². The third-order valence-electron chi connectivity index (χ3n) is 4.49. The van der Waals surface area contributed by atoms with Crippen molar-refractivity contribution in [3.63, 3.8) is 0 Å². The standard InChI is InChI=1S/C17H17N3O4/c21-14-8-20(17(22)13-3-5-18-9-19-13)6-4-12(14)11-1-2-15-16(7-11)24-10-23-15/h1-3,5,7,9,12,14,21H,4,6,8,10H2/t12-,14+/m0/s1. The lowest BCUT2D eigenvalue weighted by Crippen LogP contribution is -2.45. The highest BCUT2D eigenvalue weighted by Crippen LogP contribution is 2.37. The van der Waals surface area contributed by atoms with E-state index < -0.39 is 6.10 Å². The van der Waals surface area contributed by atoms with E-state index in [1.165, 1.54) is 12.5 Å². The fourth-order valence-electron chi connectivity index (χ4n) is 3.23. The van der Waals surface area contributed by atoms with Crippen LogP contribution in [0.3, 0.4) is 0 Å². The van der Waals surface area contributed by atoms with E-state index in [-0.39, 0.29) is 25.2 Å². The molecule has 1 saturated heterocycles. The number of hydrogen-bond donors (Lipinski definition) is 1. The lowest BCUT2D eigenvalue weighted by molar-refractivity contribution is 0.0377. The Morgan fingerprint density at radius 3 is 2.92 bits per heavy atom. The zero-order valence-electron chi connectivity index (χ0n) is 13.0. The highest BCUT2D eigenvalue weighted by molar-refractivity contribution is 5.92. The summed E-state index contributed by atoms with van der Waals surface area (Å²) in [7, 11) is 0. The van der Waals surface area contributed by atoms with Crippen molar-refractivity contribution in [1.82, 2.24) is 14.9 Å². The minimum absolute atomic E-state index is 0.0334. The Hall–Kier alpha value is -2.67. The molecule has 2 aliphatic rings. The molecular formula is C17H17N3O4. The summed E-state index contributed by atoms with van der Waals surface area (Å²) < 4.78 is 10.7. The monoisotopic (exact) mass is 327 g/mol. The molecule has 7 nitrogen and oxygen atoms in total. The van der Waals surface area contributed by atoms with Gasteiger partial charge in [-0.15, -0.1) is 0 Å². The molecule has 0 radical (unpaired) electrons. The van der Waals surface area contributed by atoms with Crippen molar-refractivity contribution < 1.29 is 19.4 Å². The maximum absolute atomic E-state index is 12.4. The second-order valence-corrected chi connectivity index (χ2v) is 5.92. The van der Waals surface area contributed by atoms with Crippen LogP contribution in [0.15, 0.2) is 36.8 Å². The Morgan fingerprint density at radius 2 is 2.12 bits per heavy atom. The van der Waals surface area contributed by atoms with Gasteiger partial charge in [-0.25, -0.2) is 9.97 Å². The van der Waals surface area contributed by atoms with Gasteiger partial charge in [0.25, 0.3) is 5.91 Å². The van der Waals surface area contributed by atoms with Gasteiger partial charge in [0.2, 0.25) is 6.79 Å². The number of ether oxygens (including phenoxy) is 2. The maximum Gasteiger partial charge on any atom is 0.272 e. The largest absolute Gasteiger partial charge is 0.454 e. The molecule has 2 aliphatic heterocycles. The van der Waals surface area contributed by atoms with Crippen molar-refractivity contribution >= 4 is 5.91 Å². The number of nitrogens with zero attached hydrogens (tertiary/aromatic N) is 3. The molecule has 0 aliphatic carbocycles. The summed E-state index contributed by atoms with van der Waals surface area (Å²) in [6.45, 7) is 1.08. The zero-order chi connectivity index (χ0) is 16.5. The summed E-state index contributed by atoms with van der Waals surface area (Å²) in [4.78, 5) is 21.9. The van der Waals surface area contributed by atoms with Crippen LogP contribution in [-0.4, -0.2) is 51.9 Å². The molecular weight excluding hydrogens is 310 g/mol. The molecule has 1 amide bonds. The number of fused-ring (bicyclic) bond motifs is 1. The summed E-state index contributed by atoms with van der Waals surface area (Å²) in [6.07, 6.45) is 2.93. The smallest absolute Gasteiger partial charge is 0.272 e. The van der Waals surface area contributed by atoms with E-state index in [0.717, 1.165) is 11.3 Å². The molecule has 24 heavy (non-hydrogen) atoms. The predicted octanol–water partition coefficient (Wildman–Crippen LogP) is 1.20. The number of likely N-dealkylation sites (tertiary alicyclic amines) is 1. The predicted molar refractivity (Wildman–Crippen MR) is 83.9 cm³/mol. The molecule has 3 heterocycles. The van der Waals surface area contributed by atoms with Crippen molar-refractivity contribution in [3.8, 4) is 11.5 Å². The molecule has 1 fully saturated rings. The van der Waals surface area contributed by atoms with Crippen LogP contribution in [0.1, 0.15) is 28.4 Å². The Bertz CT molecular complexity index is 753. The first kappa shape index (κ1) is 14.9. The van der Waals surface area contributed by atoms with Crippen LogP contribution in [0.2, 0.25) is 0 Å². The molecule has 1 aromatic heterocycles. The zero-order valence-corrected chi connectivity index (χ0v) is 13.0. The van der Waals surface area contributed by atoms with Crippen molar-refractivity contribution in [3.05, 3.63) is 48.0 Å². The SMILES string of the molecule is O=C(c1ccncn1)N1CC[C@@H](c2ccc3c(c2)OCO3)[C@H](O)C1. The second-order valence-electron chi connectivity index (χ2n) is 5.92. The second kappa shape index (κ2) is 6.09. The number of carbonyl (C=O) groups is 1. The molecule has 7 heteroatoms. The van der Waals surface area contributed by atoms with Gasteiger partial charge in [-0.05, 0) is 30.2 Å². The molecule has 1 aromatic carbocycles. The first-order valence-electron chi connectivity index (χ1n) is 7.85. The topological polar surface area (TPSA) is 84.8 Å². The number of aliphatic hydroxyl groups is 1. The average Bonchev–Trinajstić information content (AvgIpc) is 3.09. The number of amides is 1. The highest BCUT2D eigenvalue weighted by Gasteiger charge is 2.32. The third-order valence-corrected chi connectivity index (χ3v) is 4.49. The minimum Gasteiger partial charge on any atom is -0.454 e. The number of rotatable bonds is 2. The summed E-state index contributed by atoms with van der Waals surface area (Å²) in [5, 5.41) is 10.5.